The van der Waals surface area contributed by atoms with Crippen molar-refractivity contribution < 1.29 is 4.79 Å². The first-order chi connectivity index (χ1) is 12.9. The Morgan fingerprint density at radius 1 is 1.19 bits per heavy atom. The van der Waals surface area contributed by atoms with Crippen molar-refractivity contribution in [2.75, 3.05) is 18.4 Å². The predicted octanol–water partition coefficient (Wildman–Crippen LogP) is 4.69. The second-order valence-corrected chi connectivity index (χ2v) is 8.54. The van der Waals surface area contributed by atoms with E-state index in [0.717, 1.165) is 50.4 Å². The van der Waals surface area contributed by atoms with Crippen LogP contribution in [0, 0.1) is 5.92 Å². The fourth-order valence-corrected chi connectivity index (χ4v) is 3.67. The number of likely N-dealkylation sites (tertiary alicyclic amines) is 1. The van der Waals surface area contributed by atoms with Crippen molar-refractivity contribution in [2.45, 2.75) is 58.9 Å². The lowest BCUT2D eigenvalue weighted by Gasteiger charge is -2.32. The molecule has 0 saturated carbocycles. The largest absolute Gasteiger partial charge is 0.335 e. The number of aromatic nitrogens is 2. The van der Waals surface area contributed by atoms with Gasteiger partial charge in [0.15, 0.2) is 0 Å². The average molecular weight is 369 g/mol. The van der Waals surface area contributed by atoms with Crippen LogP contribution in [0.3, 0.4) is 0 Å². The van der Waals surface area contributed by atoms with Crippen LogP contribution in [0.2, 0.25) is 0 Å². The topological polar surface area (TPSA) is 50.2 Å². The smallest absolute Gasteiger partial charge is 0.321 e. The lowest BCUT2D eigenvalue weighted by Crippen LogP contribution is -2.41. The Bertz CT molecular complexity index is 749. The highest BCUT2D eigenvalue weighted by Crippen LogP contribution is 2.24. The molecule has 1 N–H and O–H groups in total. The van der Waals surface area contributed by atoms with Crippen LogP contribution >= 0.6 is 0 Å². The maximum atomic E-state index is 12.6. The number of hydrogen-bond acceptors (Lipinski definition) is 2. The third-order valence-electron chi connectivity index (χ3n) is 5.48. The van der Waals surface area contributed by atoms with E-state index in [1.54, 1.807) is 0 Å². The van der Waals surface area contributed by atoms with Gasteiger partial charge in [0, 0.05) is 44.1 Å². The summed E-state index contributed by atoms with van der Waals surface area (Å²) in [5, 5.41) is 3.04. The minimum atomic E-state index is 0.00818. The molecule has 0 unspecified atom stereocenters. The number of amides is 2. The number of piperidine rings is 1. The van der Waals surface area contributed by atoms with Gasteiger partial charge in [-0.3, -0.25) is 0 Å². The predicted molar refractivity (Wildman–Crippen MR) is 110 cm³/mol. The van der Waals surface area contributed by atoms with Gasteiger partial charge in [0.05, 0.1) is 0 Å². The number of imidazole rings is 1. The molecule has 27 heavy (non-hydrogen) atoms. The van der Waals surface area contributed by atoms with Gasteiger partial charge >= 0.3 is 6.03 Å². The highest BCUT2D eigenvalue weighted by atomic mass is 16.2. The molecule has 1 aromatic carbocycles. The number of hydrogen-bond donors (Lipinski definition) is 1. The minimum Gasteiger partial charge on any atom is -0.335 e. The number of carbonyl (C=O) groups is 1. The van der Waals surface area contributed by atoms with E-state index in [-0.39, 0.29) is 11.4 Å². The molecule has 0 aliphatic carbocycles. The van der Waals surface area contributed by atoms with Crippen LogP contribution in [0.1, 0.15) is 51.9 Å². The Morgan fingerprint density at radius 2 is 1.85 bits per heavy atom. The normalized spacial score (nSPS) is 15.8. The van der Waals surface area contributed by atoms with Gasteiger partial charge in [0.25, 0.3) is 0 Å². The molecule has 1 aliphatic heterocycles. The zero-order chi connectivity index (χ0) is 19.4. The quantitative estimate of drug-likeness (QED) is 0.851. The Hall–Kier alpha value is -2.30. The van der Waals surface area contributed by atoms with Crippen LogP contribution in [-0.2, 0) is 18.4 Å². The number of benzene rings is 1. The summed E-state index contributed by atoms with van der Waals surface area (Å²) in [5.74, 6) is 1.76. The van der Waals surface area contributed by atoms with Crippen molar-refractivity contribution in [1.82, 2.24) is 14.5 Å². The third-order valence-corrected chi connectivity index (χ3v) is 5.48. The Morgan fingerprint density at radius 3 is 2.44 bits per heavy atom. The second kappa shape index (κ2) is 8.15. The average Bonchev–Trinajstić information content (AvgIpc) is 3.09. The molecule has 0 radical (unpaired) electrons. The van der Waals surface area contributed by atoms with Crippen molar-refractivity contribution >= 4 is 11.7 Å². The Labute approximate surface area is 162 Å². The molecular formula is C22H32N4O. The summed E-state index contributed by atoms with van der Waals surface area (Å²) in [4.78, 5) is 18.9. The molecule has 1 saturated heterocycles. The molecule has 1 fully saturated rings. The molecule has 2 amide bonds. The summed E-state index contributed by atoms with van der Waals surface area (Å²) in [5.41, 5.74) is 2.26. The van der Waals surface area contributed by atoms with Gasteiger partial charge in [-0.25, -0.2) is 9.78 Å². The summed E-state index contributed by atoms with van der Waals surface area (Å²) in [6, 6.07) is 8.19. The molecule has 1 aliphatic rings. The van der Waals surface area contributed by atoms with Crippen LogP contribution in [0.25, 0.3) is 0 Å². The third kappa shape index (κ3) is 4.90. The van der Waals surface area contributed by atoms with Crippen LogP contribution in [0.5, 0.6) is 0 Å². The van der Waals surface area contributed by atoms with E-state index in [0.29, 0.717) is 5.92 Å². The first-order valence-electron chi connectivity index (χ1n) is 10.0. The van der Waals surface area contributed by atoms with Crippen molar-refractivity contribution in [3.63, 3.8) is 0 Å². The summed E-state index contributed by atoms with van der Waals surface area (Å²) >= 11 is 0. The maximum Gasteiger partial charge on any atom is 0.321 e. The van der Waals surface area contributed by atoms with Gasteiger partial charge in [0.2, 0.25) is 0 Å². The van der Waals surface area contributed by atoms with Gasteiger partial charge in [-0.2, -0.15) is 0 Å². The Kier molecular flexibility index (Phi) is 5.88. The van der Waals surface area contributed by atoms with Crippen molar-refractivity contribution in [3.8, 4) is 0 Å². The fourth-order valence-electron chi connectivity index (χ4n) is 3.67. The van der Waals surface area contributed by atoms with Crippen molar-refractivity contribution in [1.29, 1.82) is 0 Å². The number of aryl methyl sites for hydroxylation is 1. The molecule has 146 valence electrons. The number of anilines is 1. The Balaban J connectivity index is 1.50. The molecule has 2 aromatic rings. The lowest BCUT2D eigenvalue weighted by molar-refractivity contribution is 0.176. The number of carbonyl (C=O) groups excluding carboxylic acids is 1. The maximum absolute atomic E-state index is 12.6. The SMILES string of the molecule is CCc1nccn1CC1CCN(C(=O)Nc2ccc(C(C)(C)C)cc2)CC1. The number of urea groups is 1. The van der Waals surface area contributed by atoms with Crippen LogP contribution in [0.4, 0.5) is 10.5 Å². The zero-order valence-corrected chi connectivity index (χ0v) is 17.0. The van der Waals surface area contributed by atoms with Crippen LogP contribution in [0.15, 0.2) is 36.7 Å². The van der Waals surface area contributed by atoms with Gasteiger partial charge in [-0.05, 0) is 41.9 Å². The molecule has 0 atom stereocenters. The monoisotopic (exact) mass is 368 g/mol. The summed E-state index contributed by atoms with van der Waals surface area (Å²) in [7, 11) is 0. The van der Waals surface area contributed by atoms with E-state index in [2.05, 4.69) is 60.9 Å². The fraction of sp³-hybridized carbons (Fsp3) is 0.545. The standard InChI is InChI=1S/C22H32N4O/c1-5-20-23-12-15-26(20)16-17-10-13-25(14-11-17)21(27)24-19-8-6-18(7-9-19)22(2,3)4/h6-9,12,15,17H,5,10-11,13-14,16H2,1-4H3,(H,24,27). The van der Waals surface area contributed by atoms with E-state index in [4.69, 9.17) is 0 Å². The van der Waals surface area contributed by atoms with Gasteiger partial charge in [0.1, 0.15) is 5.82 Å². The number of rotatable bonds is 4. The molecule has 0 bridgehead atoms. The molecule has 5 heteroatoms. The van der Waals surface area contributed by atoms with E-state index < -0.39 is 0 Å². The van der Waals surface area contributed by atoms with Crippen LogP contribution in [-0.4, -0.2) is 33.6 Å². The molecule has 3 rings (SSSR count). The first-order valence-corrected chi connectivity index (χ1v) is 10.0. The molecule has 1 aromatic heterocycles. The highest BCUT2D eigenvalue weighted by molar-refractivity contribution is 5.89. The second-order valence-electron chi connectivity index (χ2n) is 8.54. The van der Waals surface area contributed by atoms with Crippen molar-refractivity contribution in [2.24, 2.45) is 5.92 Å². The van der Waals surface area contributed by atoms with Crippen LogP contribution < -0.4 is 5.32 Å². The summed E-state index contributed by atoms with van der Waals surface area (Å²) in [6.45, 7) is 11.3. The number of nitrogens with zero attached hydrogens (tertiary/aromatic N) is 3. The lowest BCUT2D eigenvalue weighted by atomic mass is 9.87. The van der Waals surface area contributed by atoms with Gasteiger partial charge < -0.3 is 14.8 Å². The molecule has 2 heterocycles. The number of nitrogens with one attached hydrogen (secondary N) is 1. The minimum absolute atomic E-state index is 0.00818. The highest BCUT2D eigenvalue weighted by Gasteiger charge is 2.23. The summed E-state index contributed by atoms with van der Waals surface area (Å²) in [6.07, 6.45) is 6.99. The first kappa shape index (κ1) is 19.5. The molecule has 0 spiro atoms. The van der Waals surface area contributed by atoms with E-state index in [1.165, 1.54) is 5.56 Å². The van der Waals surface area contributed by atoms with E-state index >= 15 is 0 Å². The van der Waals surface area contributed by atoms with E-state index in [1.807, 2.05) is 23.2 Å². The van der Waals surface area contributed by atoms with Crippen molar-refractivity contribution in [3.05, 3.63) is 48.0 Å². The van der Waals surface area contributed by atoms with E-state index in [9.17, 15) is 4.79 Å². The summed E-state index contributed by atoms with van der Waals surface area (Å²) < 4.78 is 2.26. The van der Waals surface area contributed by atoms with Gasteiger partial charge in [-0.15, -0.1) is 0 Å². The molecule has 5 nitrogen and oxygen atoms in total. The molecular weight excluding hydrogens is 336 g/mol. The zero-order valence-electron chi connectivity index (χ0n) is 17.0. The van der Waals surface area contributed by atoms with Gasteiger partial charge in [-0.1, -0.05) is 39.8 Å².